The molecule has 0 atom stereocenters. The van der Waals surface area contributed by atoms with E-state index in [1.54, 1.807) is 19.2 Å². The second-order valence-electron chi connectivity index (χ2n) is 3.69. The van der Waals surface area contributed by atoms with Crippen molar-refractivity contribution in [2.24, 2.45) is 4.99 Å². The molecule has 0 spiro atoms. The van der Waals surface area contributed by atoms with Crippen molar-refractivity contribution in [2.45, 2.75) is 20.3 Å². The minimum absolute atomic E-state index is 0.310. The summed E-state index contributed by atoms with van der Waals surface area (Å²) in [5.74, 6) is -0.310. The number of aromatic nitrogens is 1. The second-order valence-corrected chi connectivity index (χ2v) is 3.69. The summed E-state index contributed by atoms with van der Waals surface area (Å²) >= 11 is 0. The van der Waals surface area contributed by atoms with Crippen LogP contribution in [0.1, 0.15) is 25.1 Å². The minimum Gasteiger partial charge on any atom is -0.289 e. The zero-order valence-electron chi connectivity index (χ0n) is 10.5. The molecule has 1 aromatic heterocycles. The summed E-state index contributed by atoms with van der Waals surface area (Å²) in [5, 5.41) is 0. The Hall–Kier alpha value is -1.77. The van der Waals surface area contributed by atoms with Crippen molar-refractivity contribution in [1.29, 1.82) is 0 Å². The third-order valence-electron chi connectivity index (χ3n) is 2.53. The molecule has 17 heavy (non-hydrogen) atoms. The van der Waals surface area contributed by atoms with Crippen molar-refractivity contribution >= 4 is 11.3 Å². The first kappa shape index (κ1) is 13.3. The Kier molecular flexibility index (Phi) is 4.76. The third kappa shape index (κ3) is 3.34. The monoisotopic (exact) mass is 232 g/mol. The number of allylic oxidation sites excluding steroid dienone is 3. The maximum absolute atomic E-state index is 13.6. The Morgan fingerprint density at radius 1 is 1.59 bits per heavy atom. The molecule has 0 bridgehead atoms. The Morgan fingerprint density at radius 2 is 2.29 bits per heavy atom. The number of rotatable bonds is 4. The van der Waals surface area contributed by atoms with E-state index in [9.17, 15) is 4.39 Å². The Balaban J connectivity index is 3.19. The van der Waals surface area contributed by atoms with Crippen LogP contribution in [0.3, 0.4) is 0 Å². The van der Waals surface area contributed by atoms with E-state index in [0.717, 1.165) is 23.4 Å². The molecule has 1 rings (SSSR count). The number of hydrogen-bond acceptors (Lipinski definition) is 2. The first-order valence-electron chi connectivity index (χ1n) is 5.54. The van der Waals surface area contributed by atoms with Crippen LogP contribution >= 0.6 is 0 Å². The van der Waals surface area contributed by atoms with Gasteiger partial charge in [0.2, 0.25) is 0 Å². The molecule has 0 saturated carbocycles. The zero-order chi connectivity index (χ0) is 12.8. The molecule has 0 fully saturated rings. The molecule has 3 heteroatoms. The average Bonchev–Trinajstić information content (AvgIpc) is 2.36. The van der Waals surface area contributed by atoms with E-state index in [1.165, 1.54) is 6.20 Å². The van der Waals surface area contributed by atoms with Crippen LogP contribution < -0.4 is 0 Å². The highest BCUT2D eigenvalue weighted by Gasteiger charge is 2.06. The van der Waals surface area contributed by atoms with Crippen LogP contribution in [-0.2, 0) is 6.42 Å². The second kappa shape index (κ2) is 6.09. The molecule has 0 aliphatic rings. The largest absolute Gasteiger partial charge is 0.289 e. The lowest BCUT2D eigenvalue weighted by Crippen LogP contribution is -1.96. The third-order valence-corrected chi connectivity index (χ3v) is 2.53. The van der Waals surface area contributed by atoms with Crippen molar-refractivity contribution in [3.8, 4) is 0 Å². The van der Waals surface area contributed by atoms with E-state index in [0.29, 0.717) is 5.56 Å². The molecule has 0 unspecified atom stereocenters. The summed E-state index contributed by atoms with van der Waals surface area (Å²) < 4.78 is 13.6. The lowest BCUT2D eigenvalue weighted by molar-refractivity contribution is 0.615. The van der Waals surface area contributed by atoms with Crippen LogP contribution in [0.5, 0.6) is 0 Å². The van der Waals surface area contributed by atoms with Gasteiger partial charge in [0.05, 0.1) is 11.9 Å². The van der Waals surface area contributed by atoms with E-state index in [1.807, 2.05) is 19.9 Å². The Morgan fingerprint density at radius 3 is 2.82 bits per heavy atom. The molecule has 0 saturated heterocycles. The Bertz CT molecular complexity index is 473. The van der Waals surface area contributed by atoms with Crippen LogP contribution in [0.4, 0.5) is 4.39 Å². The van der Waals surface area contributed by atoms with Gasteiger partial charge in [-0.25, -0.2) is 4.39 Å². The fourth-order valence-corrected chi connectivity index (χ4v) is 1.49. The molecular weight excluding hydrogens is 215 g/mol. The lowest BCUT2D eigenvalue weighted by atomic mass is 10.0. The van der Waals surface area contributed by atoms with Crippen molar-refractivity contribution in [3.05, 3.63) is 48.1 Å². The summed E-state index contributed by atoms with van der Waals surface area (Å²) in [6.07, 6.45) is 5.51. The summed E-state index contributed by atoms with van der Waals surface area (Å²) in [5.41, 5.74) is 3.00. The summed E-state index contributed by atoms with van der Waals surface area (Å²) in [7, 11) is 1.68. The van der Waals surface area contributed by atoms with Gasteiger partial charge in [0, 0.05) is 18.3 Å². The number of halogens is 1. The molecule has 2 nitrogen and oxygen atoms in total. The summed E-state index contributed by atoms with van der Waals surface area (Å²) in [6.45, 7) is 7.50. The van der Waals surface area contributed by atoms with Crippen molar-refractivity contribution in [2.75, 3.05) is 7.05 Å². The van der Waals surface area contributed by atoms with Crippen molar-refractivity contribution in [3.63, 3.8) is 0 Å². The standard InChI is InChI=1S/C14H17FN2/c1-5-11(16-4)7-10(3)13-8-12(6-2)17-9-14(13)15/h5,7-9H,1,6H2,2-4H3/b10-7+,16-11-. The summed E-state index contributed by atoms with van der Waals surface area (Å²) in [4.78, 5) is 8.04. The van der Waals surface area contributed by atoms with Gasteiger partial charge in [0.15, 0.2) is 0 Å². The van der Waals surface area contributed by atoms with Crippen molar-refractivity contribution in [1.82, 2.24) is 4.98 Å². The zero-order valence-corrected chi connectivity index (χ0v) is 10.5. The number of aliphatic imine (C=N–C) groups is 1. The molecule has 0 aliphatic heterocycles. The van der Waals surface area contributed by atoms with Crippen molar-refractivity contribution < 1.29 is 4.39 Å². The molecule has 0 amide bonds. The van der Waals surface area contributed by atoms with Gasteiger partial charge < -0.3 is 0 Å². The molecule has 1 aromatic rings. The van der Waals surface area contributed by atoms with Crippen LogP contribution in [0, 0.1) is 5.82 Å². The van der Waals surface area contributed by atoms with Crippen LogP contribution in [0.2, 0.25) is 0 Å². The number of pyridine rings is 1. The van der Waals surface area contributed by atoms with Gasteiger partial charge in [-0.1, -0.05) is 13.5 Å². The molecule has 0 N–H and O–H groups in total. The highest BCUT2D eigenvalue weighted by molar-refractivity contribution is 6.07. The topological polar surface area (TPSA) is 25.2 Å². The predicted octanol–water partition coefficient (Wildman–Crippen LogP) is 3.44. The maximum Gasteiger partial charge on any atom is 0.148 e. The fourth-order valence-electron chi connectivity index (χ4n) is 1.49. The van der Waals surface area contributed by atoms with Gasteiger partial charge in [0.25, 0.3) is 0 Å². The van der Waals surface area contributed by atoms with Gasteiger partial charge in [-0.15, -0.1) is 0 Å². The Labute approximate surface area is 102 Å². The molecule has 90 valence electrons. The van der Waals surface area contributed by atoms with E-state index in [2.05, 4.69) is 16.6 Å². The minimum atomic E-state index is -0.310. The fraction of sp³-hybridized carbons (Fsp3) is 0.286. The van der Waals surface area contributed by atoms with Gasteiger partial charge in [-0.2, -0.15) is 0 Å². The molecule has 0 aliphatic carbocycles. The van der Waals surface area contributed by atoms with Gasteiger partial charge in [-0.3, -0.25) is 9.98 Å². The smallest absolute Gasteiger partial charge is 0.148 e. The molecular formula is C14H17FN2. The molecule has 0 aromatic carbocycles. The van der Waals surface area contributed by atoms with Gasteiger partial charge in [0.1, 0.15) is 5.82 Å². The number of nitrogens with zero attached hydrogens (tertiary/aromatic N) is 2. The maximum atomic E-state index is 13.6. The highest BCUT2D eigenvalue weighted by atomic mass is 19.1. The number of hydrogen-bond donors (Lipinski definition) is 0. The summed E-state index contributed by atoms with van der Waals surface area (Å²) in [6, 6.07) is 1.78. The van der Waals surface area contributed by atoms with Crippen LogP contribution in [0.25, 0.3) is 5.57 Å². The first-order valence-corrected chi connectivity index (χ1v) is 5.54. The van der Waals surface area contributed by atoms with Gasteiger partial charge in [-0.05, 0) is 37.1 Å². The van der Waals surface area contributed by atoms with E-state index < -0.39 is 0 Å². The normalized spacial score (nSPS) is 12.7. The average molecular weight is 232 g/mol. The predicted molar refractivity (Wildman–Crippen MR) is 70.8 cm³/mol. The molecule has 0 radical (unpaired) electrons. The first-order chi connectivity index (χ1) is 8.12. The highest BCUT2D eigenvalue weighted by Crippen LogP contribution is 2.18. The van der Waals surface area contributed by atoms with Crippen LogP contribution in [-0.4, -0.2) is 17.7 Å². The molecule has 1 heterocycles. The van der Waals surface area contributed by atoms with Gasteiger partial charge >= 0.3 is 0 Å². The van der Waals surface area contributed by atoms with Crippen LogP contribution in [0.15, 0.2) is 36.0 Å². The lowest BCUT2D eigenvalue weighted by Gasteiger charge is -2.05. The van der Waals surface area contributed by atoms with E-state index in [-0.39, 0.29) is 5.82 Å². The quantitative estimate of drug-likeness (QED) is 0.730. The van der Waals surface area contributed by atoms with E-state index >= 15 is 0 Å². The SMILES string of the molecule is C=CC(/C=C(\C)c1cc(CC)ncc1F)=N/C. The number of aryl methyl sites for hydroxylation is 1. The van der Waals surface area contributed by atoms with E-state index in [4.69, 9.17) is 0 Å².